The lowest BCUT2D eigenvalue weighted by Crippen LogP contribution is -2.51. The predicted octanol–water partition coefficient (Wildman–Crippen LogP) is 2.54. The number of carbonyl (C=O) groups is 1. The van der Waals surface area contributed by atoms with Crippen molar-refractivity contribution >= 4 is 16.1 Å². The van der Waals surface area contributed by atoms with Gasteiger partial charge in [-0.15, -0.1) is 0 Å². The lowest BCUT2D eigenvalue weighted by molar-refractivity contribution is 0.0192. The summed E-state index contributed by atoms with van der Waals surface area (Å²) in [7, 11) is -3.54. The van der Waals surface area contributed by atoms with Gasteiger partial charge in [0.1, 0.15) is 5.60 Å². The highest BCUT2D eigenvalue weighted by atomic mass is 32.2. The second-order valence-corrected chi connectivity index (χ2v) is 9.05. The lowest BCUT2D eigenvalue weighted by atomic mass is 10.2. The Balaban J connectivity index is 2.07. The van der Waals surface area contributed by atoms with E-state index in [4.69, 9.17) is 4.74 Å². The van der Waals surface area contributed by atoms with E-state index in [2.05, 4.69) is 0 Å². The first-order chi connectivity index (χ1) is 11.0. The second-order valence-electron chi connectivity index (χ2n) is 7.14. The number of hydrogen-bond donors (Lipinski definition) is 0. The van der Waals surface area contributed by atoms with E-state index in [0.29, 0.717) is 18.0 Å². The Morgan fingerprint density at radius 3 is 2.17 bits per heavy atom. The molecule has 0 aromatic heterocycles. The topological polar surface area (TPSA) is 66.9 Å². The van der Waals surface area contributed by atoms with E-state index in [-0.39, 0.29) is 13.1 Å². The van der Waals surface area contributed by atoms with Gasteiger partial charge in [-0.2, -0.15) is 4.31 Å². The average Bonchev–Trinajstić information content (AvgIpc) is 2.45. The zero-order valence-corrected chi connectivity index (χ0v) is 15.8. The molecule has 0 N–H and O–H groups in total. The maximum absolute atomic E-state index is 12.8. The summed E-state index contributed by atoms with van der Waals surface area (Å²) in [6, 6.07) is 5.32. The molecule has 1 saturated heterocycles. The van der Waals surface area contributed by atoms with Crippen LogP contribution in [0.1, 0.15) is 31.9 Å². The number of benzene rings is 1. The van der Waals surface area contributed by atoms with Crippen molar-refractivity contribution in [2.45, 2.75) is 45.1 Å². The maximum Gasteiger partial charge on any atom is 0.410 e. The molecule has 7 heteroatoms. The highest BCUT2D eigenvalue weighted by Crippen LogP contribution is 2.22. The summed E-state index contributed by atoms with van der Waals surface area (Å²) in [5.74, 6) is 0. The predicted molar refractivity (Wildman–Crippen MR) is 92.5 cm³/mol. The number of ether oxygens (including phenoxy) is 1. The molecular formula is C17H26N2O4S. The number of amides is 1. The Bertz CT molecular complexity index is 715. The summed E-state index contributed by atoms with van der Waals surface area (Å²) < 4.78 is 32.4. The van der Waals surface area contributed by atoms with Gasteiger partial charge in [0.15, 0.2) is 0 Å². The van der Waals surface area contributed by atoms with Crippen LogP contribution in [0, 0.1) is 13.8 Å². The zero-order valence-electron chi connectivity index (χ0n) is 15.0. The van der Waals surface area contributed by atoms with Crippen molar-refractivity contribution in [3.05, 3.63) is 29.3 Å². The van der Waals surface area contributed by atoms with Crippen LogP contribution in [0.15, 0.2) is 23.1 Å². The van der Waals surface area contributed by atoms with Crippen molar-refractivity contribution < 1.29 is 17.9 Å². The minimum Gasteiger partial charge on any atom is -0.444 e. The monoisotopic (exact) mass is 354 g/mol. The molecule has 1 amide bonds. The maximum atomic E-state index is 12.8. The quantitative estimate of drug-likeness (QED) is 0.818. The zero-order chi connectivity index (χ0) is 18.1. The molecule has 1 aliphatic heterocycles. The van der Waals surface area contributed by atoms with Gasteiger partial charge in [-0.3, -0.25) is 0 Å². The van der Waals surface area contributed by atoms with Gasteiger partial charge in [0, 0.05) is 26.2 Å². The summed E-state index contributed by atoms with van der Waals surface area (Å²) in [5, 5.41) is 0. The number of aryl methyl sites for hydroxylation is 2. The number of piperazine rings is 1. The molecule has 134 valence electrons. The highest BCUT2D eigenvalue weighted by Gasteiger charge is 2.32. The Labute approximate surface area is 144 Å². The van der Waals surface area contributed by atoms with Crippen molar-refractivity contribution in [2.24, 2.45) is 0 Å². The average molecular weight is 354 g/mol. The summed E-state index contributed by atoms with van der Waals surface area (Å²) in [5.41, 5.74) is 1.21. The van der Waals surface area contributed by atoms with Crippen LogP contribution in [0.5, 0.6) is 0 Å². The van der Waals surface area contributed by atoms with Gasteiger partial charge in [0.2, 0.25) is 10.0 Å². The molecule has 1 fully saturated rings. The molecule has 0 spiro atoms. The first kappa shape index (κ1) is 18.7. The third kappa shape index (κ3) is 4.27. The Hall–Kier alpha value is -1.60. The van der Waals surface area contributed by atoms with E-state index >= 15 is 0 Å². The molecule has 1 heterocycles. The van der Waals surface area contributed by atoms with Crippen molar-refractivity contribution in [1.82, 2.24) is 9.21 Å². The van der Waals surface area contributed by atoms with Crippen molar-refractivity contribution in [3.8, 4) is 0 Å². The largest absolute Gasteiger partial charge is 0.444 e. The molecular weight excluding hydrogens is 328 g/mol. The van der Waals surface area contributed by atoms with Crippen molar-refractivity contribution in [2.75, 3.05) is 26.2 Å². The second kappa shape index (κ2) is 6.72. The number of sulfonamides is 1. The third-order valence-corrected chi connectivity index (χ3v) is 5.90. The fourth-order valence-corrected chi connectivity index (χ4v) is 4.29. The van der Waals surface area contributed by atoms with Crippen LogP contribution in [0.25, 0.3) is 0 Å². The Morgan fingerprint density at radius 1 is 1.08 bits per heavy atom. The molecule has 6 nitrogen and oxygen atoms in total. The highest BCUT2D eigenvalue weighted by molar-refractivity contribution is 7.89. The molecule has 0 aliphatic carbocycles. The van der Waals surface area contributed by atoms with Gasteiger partial charge in [-0.1, -0.05) is 17.7 Å². The molecule has 1 aliphatic rings. The number of rotatable bonds is 2. The summed E-state index contributed by atoms with van der Waals surface area (Å²) >= 11 is 0. The van der Waals surface area contributed by atoms with E-state index in [1.807, 2.05) is 33.8 Å². The van der Waals surface area contributed by atoms with E-state index < -0.39 is 21.7 Å². The number of carbonyl (C=O) groups excluding carboxylic acids is 1. The molecule has 0 saturated carbocycles. The van der Waals surface area contributed by atoms with Gasteiger partial charge in [0.05, 0.1) is 4.90 Å². The smallest absolute Gasteiger partial charge is 0.410 e. The van der Waals surface area contributed by atoms with E-state index in [9.17, 15) is 13.2 Å². The van der Waals surface area contributed by atoms with Crippen LogP contribution in [0.3, 0.4) is 0 Å². The van der Waals surface area contributed by atoms with Crippen LogP contribution in [0.4, 0.5) is 4.79 Å². The third-order valence-electron chi connectivity index (χ3n) is 3.84. The van der Waals surface area contributed by atoms with E-state index in [0.717, 1.165) is 11.1 Å². The fourth-order valence-electron chi connectivity index (χ4n) is 2.67. The van der Waals surface area contributed by atoms with E-state index in [1.54, 1.807) is 24.0 Å². The van der Waals surface area contributed by atoms with Gasteiger partial charge < -0.3 is 9.64 Å². The first-order valence-corrected chi connectivity index (χ1v) is 9.50. The van der Waals surface area contributed by atoms with Crippen molar-refractivity contribution in [1.29, 1.82) is 0 Å². The first-order valence-electron chi connectivity index (χ1n) is 8.06. The van der Waals surface area contributed by atoms with Gasteiger partial charge in [0.25, 0.3) is 0 Å². The minimum absolute atomic E-state index is 0.273. The fraction of sp³-hybridized carbons (Fsp3) is 0.588. The van der Waals surface area contributed by atoms with Crippen molar-refractivity contribution in [3.63, 3.8) is 0 Å². The summed E-state index contributed by atoms with van der Waals surface area (Å²) in [6.07, 6.45) is -0.397. The minimum atomic E-state index is -3.54. The number of nitrogens with zero attached hydrogens (tertiary/aromatic N) is 2. The van der Waals surface area contributed by atoms with Gasteiger partial charge in [-0.05, 0) is 46.2 Å². The molecule has 0 atom stereocenters. The molecule has 0 bridgehead atoms. The summed E-state index contributed by atoms with van der Waals surface area (Å²) in [6.45, 7) is 10.4. The van der Waals surface area contributed by atoms with Gasteiger partial charge >= 0.3 is 6.09 Å². The van der Waals surface area contributed by atoms with E-state index in [1.165, 1.54) is 4.31 Å². The lowest BCUT2D eigenvalue weighted by Gasteiger charge is -2.35. The van der Waals surface area contributed by atoms with Crippen LogP contribution < -0.4 is 0 Å². The normalized spacial score (nSPS) is 17.0. The van der Waals surface area contributed by atoms with Crippen LogP contribution in [-0.2, 0) is 14.8 Å². The molecule has 0 unspecified atom stereocenters. The standard InChI is InChI=1S/C17H26N2O4S/c1-13-6-7-15(14(2)12-13)24(21,22)19-10-8-18(9-11-19)16(20)23-17(3,4)5/h6-7,12H,8-11H2,1-5H3. The van der Waals surface area contributed by atoms with Crippen LogP contribution in [0.2, 0.25) is 0 Å². The molecule has 24 heavy (non-hydrogen) atoms. The summed E-state index contributed by atoms with van der Waals surface area (Å²) in [4.78, 5) is 14.0. The molecule has 0 radical (unpaired) electrons. The van der Waals surface area contributed by atoms with Gasteiger partial charge in [-0.25, -0.2) is 13.2 Å². The number of hydrogen-bond acceptors (Lipinski definition) is 4. The van der Waals surface area contributed by atoms with Crippen LogP contribution in [-0.4, -0.2) is 55.5 Å². The molecule has 1 aromatic carbocycles. The molecule has 2 rings (SSSR count). The SMILES string of the molecule is Cc1ccc(S(=O)(=O)N2CCN(C(=O)OC(C)(C)C)CC2)c(C)c1. The Kier molecular flexibility index (Phi) is 5.25. The van der Waals surface area contributed by atoms with Crippen LogP contribution >= 0.6 is 0 Å². The molecule has 1 aromatic rings. The Morgan fingerprint density at radius 2 is 1.67 bits per heavy atom.